The van der Waals surface area contributed by atoms with Crippen molar-refractivity contribution in [2.24, 2.45) is 0 Å². The molecule has 0 amide bonds. The van der Waals surface area contributed by atoms with Crippen LogP contribution in [0.2, 0.25) is 0 Å². The lowest BCUT2D eigenvalue weighted by molar-refractivity contribution is 0.220. The van der Waals surface area contributed by atoms with E-state index in [0.29, 0.717) is 11.3 Å². The predicted molar refractivity (Wildman–Crippen MR) is 60.6 cm³/mol. The van der Waals surface area contributed by atoms with Gasteiger partial charge in [-0.15, -0.1) is 0 Å². The first-order valence-corrected chi connectivity index (χ1v) is 5.12. The van der Waals surface area contributed by atoms with E-state index in [1.165, 1.54) is 0 Å². The van der Waals surface area contributed by atoms with Crippen LogP contribution in [0.3, 0.4) is 0 Å². The number of nitrogens with two attached hydrogens (primary N) is 1. The molecule has 2 aromatic rings. The number of pyridine rings is 1. The number of rotatable bonds is 3. The Hall–Kier alpha value is -1.88. The SMILES string of the molecule is CCn1cc(C(O)c2cnccc2N)cn1. The van der Waals surface area contributed by atoms with E-state index in [9.17, 15) is 5.11 Å². The van der Waals surface area contributed by atoms with Crippen LogP contribution in [0.4, 0.5) is 5.69 Å². The lowest BCUT2D eigenvalue weighted by Crippen LogP contribution is -2.03. The van der Waals surface area contributed by atoms with Gasteiger partial charge in [-0.05, 0) is 13.0 Å². The van der Waals surface area contributed by atoms with Crippen LogP contribution in [0.15, 0.2) is 30.9 Å². The number of aliphatic hydroxyl groups is 1. The molecule has 0 saturated heterocycles. The van der Waals surface area contributed by atoms with E-state index < -0.39 is 6.10 Å². The van der Waals surface area contributed by atoms with Crippen LogP contribution in [0.25, 0.3) is 0 Å². The Kier molecular flexibility index (Phi) is 2.87. The highest BCUT2D eigenvalue weighted by Gasteiger charge is 2.15. The molecule has 0 saturated carbocycles. The highest BCUT2D eigenvalue weighted by atomic mass is 16.3. The van der Waals surface area contributed by atoms with E-state index in [1.54, 1.807) is 35.5 Å². The van der Waals surface area contributed by atoms with E-state index in [-0.39, 0.29) is 0 Å². The minimum Gasteiger partial charge on any atom is -0.398 e. The van der Waals surface area contributed by atoms with Crippen LogP contribution < -0.4 is 5.73 Å². The molecule has 2 aromatic heterocycles. The van der Waals surface area contributed by atoms with Crippen LogP contribution in [-0.4, -0.2) is 19.9 Å². The van der Waals surface area contributed by atoms with Crippen LogP contribution in [0, 0.1) is 0 Å². The zero-order chi connectivity index (χ0) is 11.5. The topological polar surface area (TPSA) is 77.0 Å². The molecule has 0 aliphatic carbocycles. The molecule has 5 nitrogen and oxygen atoms in total. The Morgan fingerprint density at radius 3 is 2.94 bits per heavy atom. The monoisotopic (exact) mass is 218 g/mol. The molecular weight excluding hydrogens is 204 g/mol. The van der Waals surface area contributed by atoms with Gasteiger partial charge in [0.2, 0.25) is 0 Å². The van der Waals surface area contributed by atoms with Crippen LogP contribution in [0.1, 0.15) is 24.2 Å². The molecule has 0 aliphatic heterocycles. The van der Waals surface area contributed by atoms with Crippen molar-refractivity contribution in [3.8, 4) is 0 Å². The fourth-order valence-electron chi connectivity index (χ4n) is 1.52. The Labute approximate surface area is 93.5 Å². The Balaban J connectivity index is 2.31. The summed E-state index contributed by atoms with van der Waals surface area (Å²) in [5, 5.41) is 14.2. The molecule has 0 aromatic carbocycles. The second-order valence-electron chi connectivity index (χ2n) is 3.54. The number of nitrogen functional groups attached to an aromatic ring is 1. The molecule has 0 aliphatic rings. The summed E-state index contributed by atoms with van der Waals surface area (Å²) in [6, 6.07) is 1.67. The summed E-state index contributed by atoms with van der Waals surface area (Å²) in [5.41, 5.74) is 7.64. The molecule has 5 heteroatoms. The summed E-state index contributed by atoms with van der Waals surface area (Å²) in [4.78, 5) is 3.95. The Morgan fingerprint density at radius 1 is 1.50 bits per heavy atom. The van der Waals surface area contributed by atoms with Crippen molar-refractivity contribution in [2.45, 2.75) is 19.6 Å². The minimum atomic E-state index is -0.769. The van der Waals surface area contributed by atoms with E-state index in [4.69, 9.17) is 5.73 Å². The number of hydrogen-bond acceptors (Lipinski definition) is 4. The summed E-state index contributed by atoms with van der Waals surface area (Å²) in [6.07, 6.45) is 5.84. The average Bonchev–Trinajstić information content (AvgIpc) is 2.77. The number of nitrogens with zero attached hydrogens (tertiary/aromatic N) is 3. The van der Waals surface area contributed by atoms with Crippen molar-refractivity contribution in [1.82, 2.24) is 14.8 Å². The normalized spacial score (nSPS) is 12.6. The summed E-state index contributed by atoms with van der Waals surface area (Å²) in [5.74, 6) is 0. The van der Waals surface area contributed by atoms with Gasteiger partial charge in [0, 0.05) is 41.9 Å². The van der Waals surface area contributed by atoms with Gasteiger partial charge in [0.25, 0.3) is 0 Å². The quantitative estimate of drug-likeness (QED) is 0.804. The first kappa shape index (κ1) is 10.6. The summed E-state index contributed by atoms with van der Waals surface area (Å²) >= 11 is 0. The molecule has 0 radical (unpaired) electrons. The maximum atomic E-state index is 10.1. The maximum absolute atomic E-state index is 10.1. The third-order valence-electron chi connectivity index (χ3n) is 2.47. The van der Waals surface area contributed by atoms with Gasteiger partial charge in [-0.2, -0.15) is 5.10 Å². The van der Waals surface area contributed by atoms with Gasteiger partial charge < -0.3 is 10.8 Å². The zero-order valence-electron chi connectivity index (χ0n) is 9.04. The summed E-state index contributed by atoms with van der Waals surface area (Å²) < 4.78 is 1.76. The molecule has 16 heavy (non-hydrogen) atoms. The highest BCUT2D eigenvalue weighted by Crippen LogP contribution is 2.24. The first-order chi connectivity index (χ1) is 7.72. The van der Waals surface area contributed by atoms with Crippen molar-refractivity contribution in [3.05, 3.63) is 42.0 Å². The van der Waals surface area contributed by atoms with Gasteiger partial charge in [-0.25, -0.2) is 0 Å². The molecule has 3 N–H and O–H groups in total. The summed E-state index contributed by atoms with van der Waals surface area (Å²) in [6.45, 7) is 2.76. The van der Waals surface area contributed by atoms with E-state index in [0.717, 1.165) is 12.1 Å². The fraction of sp³-hybridized carbons (Fsp3) is 0.273. The molecule has 1 unspecified atom stereocenters. The Morgan fingerprint density at radius 2 is 2.31 bits per heavy atom. The molecule has 0 spiro atoms. The van der Waals surface area contributed by atoms with E-state index >= 15 is 0 Å². The first-order valence-electron chi connectivity index (χ1n) is 5.12. The second kappa shape index (κ2) is 4.32. The third kappa shape index (κ3) is 1.90. The lowest BCUT2D eigenvalue weighted by atomic mass is 10.1. The van der Waals surface area contributed by atoms with Gasteiger partial charge in [0.15, 0.2) is 0 Å². The molecule has 2 rings (SSSR count). The van der Waals surface area contributed by atoms with E-state index in [1.807, 2.05) is 6.92 Å². The largest absolute Gasteiger partial charge is 0.398 e. The second-order valence-corrected chi connectivity index (χ2v) is 3.54. The maximum Gasteiger partial charge on any atom is 0.111 e. The highest BCUT2D eigenvalue weighted by molar-refractivity contribution is 5.48. The standard InChI is InChI=1S/C11H14N4O/c1-2-15-7-8(5-14-15)11(16)9-6-13-4-3-10(9)12/h3-7,11,16H,2H2,1H3,(H2,12,13). The number of aliphatic hydroxyl groups excluding tert-OH is 1. The number of anilines is 1. The smallest absolute Gasteiger partial charge is 0.111 e. The molecule has 2 heterocycles. The van der Waals surface area contributed by atoms with Crippen molar-refractivity contribution in [1.29, 1.82) is 0 Å². The van der Waals surface area contributed by atoms with Crippen molar-refractivity contribution >= 4 is 5.69 Å². The van der Waals surface area contributed by atoms with Crippen molar-refractivity contribution < 1.29 is 5.11 Å². The number of aryl methyl sites for hydroxylation is 1. The van der Waals surface area contributed by atoms with Crippen LogP contribution >= 0.6 is 0 Å². The van der Waals surface area contributed by atoms with Gasteiger partial charge in [-0.3, -0.25) is 9.67 Å². The number of hydrogen-bond donors (Lipinski definition) is 2. The lowest BCUT2D eigenvalue weighted by Gasteiger charge is -2.10. The molecule has 0 fully saturated rings. The van der Waals surface area contributed by atoms with Gasteiger partial charge in [-0.1, -0.05) is 0 Å². The summed E-state index contributed by atoms with van der Waals surface area (Å²) in [7, 11) is 0. The van der Waals surface area contributed by atoms with Crippen LogP contribution in [-0.2, 0) is 6.54 Å². The minimum absolute atomic E-state index is 0.534. The van der Waals surface area contributed by atoms with Gasteiger partial charge in [0.05, 0.1) is 6.20 Å². The zero-order valence-corrected chi connectivity index (χ0v) is 9.04. The third-order valence-corrected chi connectivity index (χ3v) is 2.47. The van der Waals surface area contributed by atoms with E-state index in [2.05, 4.69) is 10.1 Å². The molecule has 1 atom stereocenters. The van der Waals surface area contributed by atoms with Gasteiger partial charge in [0.1, 0.15) is 6.10 Å². The van der Waals surface area contributed by atoms with Crippen molar-refractivity contribution in [2.75, 3.05) is 5.73 Å². The predicted octanol–water partition coefficient (Wildman–Crippen LogP) is 0.962. The fourth-order valence-corrected chi connectivity index (χ4v) is 1.52. The van der Waals surface area contributed by atoms with Crippen molar-refractivity contribution in [3.63, 3.8) is 0 Å². The Bertz CT molecular complexity index is 480. The average molecular weight is 218 g/mol. The number of aromatic nitrogens is 3. The van der Waals surface area contributed by atoms with Crippen LogP contribution in [0.5, 0.6) is 0 Å². The molecule has 84 valence electrons. The molecular formula is C11H14N4O. The van der Waals surface area contributed by atoms with Gasteiger partial charge >= 0.3 is 0 Å². The molecule has 0 bridgehead atoms.